The molecule has 1 aliphatic carbocycles. The zero-order chi connectivity index (χ0) is 18.8. The van der Waals surface area contributed by atoms with Gasteiger partial charge in [0.25, 0.3) is 0 Å². The predicted molar refractivity (Wildman–Crippen MR) is 108 cm³/mol. The van der Waals surface area contributed by atoms with Crippen molar-refractivity contribution in [1.82, 2.24) is 14.8 Å². The van der Waals surface area contributed by atoms with Crippen LogP contribution in [0.25, 0.3) is 16.5 Å². The zero-order valence-electron chi connectivity index (χ0n) is 15.9. The summed E-state index contributed by atoms with van der Waals surface area (Å²) in [6.45, 7) is 2.20. The van der Waals surface area contributed by atoms with Gasteiger partial charge < -0.3 is 10.8 Å². The summed E-state index contributed by atoms with van der Waals surface area (Å²) >= 11 is 0. The third-order valence-electron chi connectivity index (χ3n) is 5.60. The first-order valence-corrected chi connectivity index (χ1v) is 10.0. The van der Waals surface area contributed by atoms with Crippen LogP contribution >= 0.6 is 0 Å². The fraction of sp³-hybridized carbons (Fsp3) is 0.455. The van der Waals surface area contributed by atoms with Crippen LogP contribution in [0.4, 0.5) is 0 Å². The average molecular weight is 364 g/mol. The lowest BCUT2D eigenvalue weighted by Gasteiger charge is -2.12. The Bertz CT molecular complexity index is 910. The SMILES string of the molecule is CCCCCc1nc([C@H]2C[C@@H](N)[C@H](O)C2)n(-c2ccc3ccccc3c2)n1. The highest BCUT2D eigenvalue weighted by molar-refractivity contribution is 5.84. The minimum Gasteiger partial charge on any atom is -0.391 e. The standard InChI is InChI=1S/C22H28N4O/c1-2-3-4-9-21-24-22(17-13-19(23)20(27)14-17)26(25-21)18-11-10-15-7-5-6-8-16(15)12-18/h5-8,10-12,17,19-20,27H,2-4,9,13-14,23H2,1H3/t17-,19+,20+/m0/s1. The van der Waals surface area contributed by atoms with E-state index in [1.165, 1.54) is 23.6 Å². The third kappa shape index (κ3) is 3.75. The first kappa shape index (κ1) is 18.1. The van der Waals surface area contributed by atoms with E-state index in [-0.39, 0.29) is 12.0 Å². The fourth-order valence-corrected chi connectivity index (χ4v) is 4.03. The highest BCUT2D eigenvalue weighted by atomic mass is 16.3. The van der Waals surface area contributed by atoms with Crippen LogP contribution in [0.5, 0.6) is 0 Å². The number of aryl methyl sites for hydroxylation is 1. The van der Waals surface area contributed by atoms with Crippen molar-refractivity contribution in [2.24, 2.45) is 5.73 Å². The molecule has 2 aromatic carbocycles. The van der Waals surface area contributed by atoms with Gasteiger partial charge in [-0.2, -0.15) is 5.10 Å². The van der Waals surface area contributed by atoms with Gasteiger partial charge in [-0.3, -0.25) is 0 Å². The normalized spacial score (nSPS) is 22.6. The molecule has 142 valence electrons. The van der Waals surface area contributed by atoms with Gasteiger partial charge in [-0.1, -0.05) is 50.1 Å². The number of aliphatic hydroxyl groups excluding tert-OH is 1. The van der Waals surface area contributed by atoms with Gasteiger partial charge in [-0.25, -0.2) is 9.67 Å². The number of hydrogen-bond donors (Lipinski definition) is 2. The number of aliphatic hydroxyl groups is 1. The highest BCUT2D eigenvalue weighted by Gasteiger charge is 2.34. The van der Waals surface area contributed by atoms with Gasteiger partial charge in [0.15, 0.2) is 5.82 Å². The van der Waals surface area contributed by atoms with Crippen LogP contribution in [-0.4, -0.2) is 32.0 Å². The number of fused-ring (bicyclic) bond motifs is 1. The molecule has 3 N–H and O–H groups in total. The van der Waals surface area contributed by atoms with E-state index in [0.717, 1.165) is 36.6 Å². The molecule has 0 bridgehead atoms. The molecule has 1 aliphatic rings. The Kier molecular flexibility index (Phi) is 5.23. The van der Waals surface area contributed by atoms with Crippen LogP contribution in [0.15, 0.2) is 42.5 Å². The number of benzene rings is 2. The Labute approximate surface area is 160 Å². The lowest BCUT2D eigenvalue weighted by molar-refractivity contribution is 0.163. The molecule has 0 aliphatic heterocycles. The summed E-state index contributed by atoms with van der Waals surface area (Å²) in [4.78, 5) is 4.87. The molecule has 27 heavy (non-hydrogen) atoms. The third-order valence-corrected chi connectivity index (χ3v) is 5.60. The molecule has 3 atom stereocenters. The Morgan fingerprint density at radius 3 is 2.67 bits per heavy atom. The second-order valence-corrected chi connectivity index (χ2v) is 7.69. The molecule has 1 saturated carbocycles. The average Bonchev–Trinajstić information content (AvgIpc) is 3.25. The number of nitrogens with two attached hydrogens (primary N) is 1. The van der Waals surface area contributed by atoms with Gasteiger partial charge in [0.2, 0.25) is 0 Å². The molecule has 0 amide bonds. The molecule has 5 nitrogen and oxygen atoms in total. The van der Waals surface area contributed by atoms with E-state index in [1.807, 2.05) is 4.68 Å². The van der Waals surface area contributed by atoms with Crippen LogP contribution in [0, 0.1) is 0 Å². The summed E-state index contributed by atoms with van der Waals surface area (Å²) in [7, 11) is 0. The number of rotatable bonds is 6. The van der Waals surface area contributed by atoms with Crippen molar-refractivity contribution >= 4 is 10.8 Å². The Balaban J connectivity index is 1.72. The van der Waals surface area contributed by atoms with Crippen LogP contribution in [0.2, 0.25) is 0 Å². The summed E-state index contributed by atoms with van der Waals surface area (Å²) in [5.41, 5.74) is 7.09. The Morgan fingerprint density at radius 2 is 1.93 bits per heavy atom. The molecule has 0 spiro atoms. The van der Waals surface area contributed by atoms with Crippen LogP contribution in [0.1, 0.15) is 56.6 Å². The summed E-state index contributed by atoms with van der Waals surface area (Å²) in [6.07, 6.45) is 5.31. The van der Waals surface area contributed by atoms with Gasteiger partial charge in [0, 0.05) is 18.4 Å². The summed E-state index contributed by atoms with van der Waals surface area (Å²) in [6, 6.07) is 14.5. The maximum Gasteiger partial charge on any atom is 0.151 e. The van der Waals surface area contributed by atoms with Gasteiger partial charge >= 0.3 is 0 Å². The van der Waals surface area contributed by atoms with Crippen LogP contribution in [-0.2, 0) is 6.42 Å². The number of hydrogen-bond acceptors (Lipinski definition) is 4. The molecule has 1 aromatic heterocycles. The second-order valence-electron chi connectivity index (χ2n) is 7.69. The van der Waals surface area contributed by atoms with E-state index in [9.17, 15) is 5.11 Å². The molecule has 1 heterocycles. The number of nitrogens with zero attached hydrogens (tertiary/aromatic N) is 3. The fourth-order valence-electron chi connectivity index (χ4n) is 4.03. The highest BCUT2D eigenvalue weighted by Crippen LogP contribution is 2.34. The number of aromatic nitrogens is 3. The van der Waals surface area contributed by atoms with Crippen molar-refractivity contribution < 1.29 is 5.11 Å². The van der Waals surface area contributed by atoms with Crippen molar-refractivity contribution in [2.45, 2.75) is 63.5 Å². The van der Waals surface area contributed by atoms with Crippen LogP contribution < -0.4 is 5.73 Å². The van der Waals surface area contributed by atoms with Crippen molar-refractivity contribution in [1.29, 1.82) is 0 Å². The first-order chi connectivity index (χ1) is 13.2. The minimum absolute atomic E-state index is 0.147. The monoisotopic (exact) mass is 364 g/mol. The van der Waals surface area contributed by atoms with E-state index >= 15 is 0 Å². The predicted octanol–water partition coefficient (Wildman–Crippen LogP) is 3.72. The minimum atomic E-state index is -0.458. The zero-order valence-corrected chi connectivity index (χ0v) is 15.9. The van der Waals surface area contributed by atoms with E-state index in [1.54, 1.807) is 0 Å². The number of unbranched alkanes of at least 4 members (excludes halogenated alkanes) is 2. The van der Waals surface area contributed by atoms with Gasteiger partial charge in [-0.15, -0.1) is 0 Å². The van der Waals surface area contributed by atoms with E-state index in [0.29, 0.717) is 6.42 Å². The molecule has 0 unspecified atom stereocenters. The van der Waals surface area contributed by atoms with E-state index < -0.39 is 6.10 Å². The Hall–Kier alpha value is -2.24. The van der Waals surface area contributed by atoms with Gasteiger partial charge in [0.1, 0.15) is 5.82 Å². The molecular formula is C22H28N4O. The summed E-state index contributed by atoms with van der Waals surface area (Å²) < 4.78 is 1.98. The Morgan fingerprint density at radius 1 is 1.11 bits per heavy atom. The molecule has 3 aromatic rings. The van der Waals surface area contributed by atoms with Gasteiger partial charge in [0.05, 0.1) is 11.8 Å². The first-order valence-electron chi connectivity index (χ1n) is 10.0. The molecule has 4 rings (SSSR count). The summed E-state index contributed by atoms with van der Waals surface area (Å²) in [5.74, 6) is 1.97. The van der Waals surface area contributed by atoms with Gasteiger partial charge in [-0.05, 0) is 42.2 Å². The maximum absolute atomic E-state index is 10.1. The molecule has 0 saturated heterocycles. The van der Waals surface area contributed by atoms with E-state index in [4.69, 9.17) is 15.8 Å². The quantitative estimate of drug-likeness (QED) is 0.654. The molecular weight excluding hydrogens is 336 g/mol. The topological polar surface area (TPSA) is 77.0 Å². The van der Waals surface area contributed by atoms with E-state index in [2.05, 4.69) is 49.4 Å². The maximum atomic E-state index is 10.1. The molecule has 5 heteroatoms. The van der Waals surface area contributed by atoms with Crippen molar-refractivity contribution in [3.8, 4) is 5.69 Å². The van der Waals surface area contributed by atoms with Crippen molar-refractivity contribution in [3.05, 3.63) is 54.1 Å². The van der Waals surface area contributed by atoms with Crippen molar-refractivity contribution in [2.75, 3.05) is 0 Å². The lowest BCUT2D eigenvalue weighted by atomic mass is 10.1. The summed E-state index contributed by atoms with van der Waals surface area (Å²) in [5, 5.41) is 17.4. The van der Waals surface area contributed by atoms with Crippen molar-refractivity contribution in [3.63, 3.8) is 0 Å². The largest absolute Gasteiger partial charge is 0.391 e. The molecule has 0 radical (unpaired) electrons. The molecule has 1 fully saturated rings. The van der Waals surface area contributed by atoms with Crippen LogP contribution in [0.3, 0.4) is 0 Å². The smallest absolute Gasteiger partial charge is 0.151 e. The second kappa shape index (κ2) is 7.79. The lowest BCUT2D eigenvalue weighted by Crippen LogP contribution is -2.28.